The molecule has 0 fully saturated rings. The molecule has 7 nitrogen and oxygen atoms in total. The average molecular weight is 289 g/mol. The van der Waals surface area contributed by atoms with Crippen molar-refractivity contribution in [1.82, 2.24) is 15.0 Å². The fourth-order valence-corrected chi connectivity index (χ4v) is 1.79. The molecule has 1 aromatic heterocycles. The van der Waals surface area contributed by atoms with E-state index in [-0.39, 0.29) is 18.0 Å². The zero-order valence-electron chi connectivity index (χ0n) is 12.3. The number of benzene rings is 1. The van der Waals surface area contributed by atoms with E-state index in [1.807, 2.05) is 31.2 Å². The normalized spacial score (nSPS) is 10.5. The molecule has 0 unspecified atom stereocenters. The summed E-state index contributed by atoms with van der Waals surface area (Å²) < 4.78 is 11.0. The summed E-state index contributed by atoms with van der Waals surface area (Å²) in [4.78, 5) is 12.2. The zero-order chi connectivity index (χ0) is 15.2. The minimum Gasteiger partial charge on any atom is -0.464 e. The first-order chi connectivity index (χ1) is 10.1. The molecule has 0 aliphatic carbocycles. The van der Waals surface area contributed by atoms with E-state index in [9.17, 15) is 0 Å². The van der Waals surface area contributed by atoms with E-state index in [4.69, 9.17) is 15.3 Å². The first-order valence-electron chi connectivity index (χ1n) is 6.76. The summed E-state index contributed by atoms with van der Waals surface area (Å²) in [6, 6.07) is 8.04. The van der Waals surface area contributed by atoms with Crippen LogP contribution < -0.4 is 20.7 Å². The molecule has 2 aromatic rings. The molecule has 1 heterocycles. The lowest BCUT2D eigenvalue weighted by Crippen LogP contribution is -2.13. The number of nitrogens with one attached hydrogen (secondary N) is 1. The monoisotopic (exact) mass is 289 g/mol. The number of nitrogens with two attached hydrogens (primary N) is 1. The molecule has 0 amide bonds. The summed E-state index contributed by atoms with van der Waals surface area (Å²) in [6.07, 6.45) is 0. The minimum absolute atomic E-state index is 0.134. The summed E-state index contributed by atoms with van der Waals surface area (Å²) >= 11 is 0. The molecule has 0 saturated carbocycles. The number of rotatable bonds is 6. The van der Waals surface area contributed by atoms with Crippen LogP contribution in [0.2, 0.25) is 0 Å². The highest BCUT2D eigenvalue weighted by molar-refractivity contribution is 5.38. The van der Waals surface area contributed by atoms with E-state index >= 15 is 0 Å². The quantitative estimate of drug-likeness (QED) is 0.623. The first-order valence-corrected chi connectivity index (χ1v) is 6.76. The van der Waals surface area contributed by atoms with E-state index < -0.39 is 0 Å². The second kappa shape index (κ2) is 6.85. The average Bonchev–Trinajstić information content (AvgIpc) is 2.47. The van der Waals surface area contributed by atoms with Gasteiger partial charge in [0, 0.05) is 0 Å². The number of hydrogen-bond acceptors (Lipinski definition) is 7. The molecule has 2 rings (SSSR count). The molecule has 0 aliphatic heterocycles. The van der Waals surface area contributed by atoms with Gasteiger partial charge in [-0.15, -0.1) is 4.98 Å². The van der Waals surface area contributed by atoms with Crippen molar-refractivity contribution in [1.29, 1.82) is 0 Å². The molecule has 0 atom stereocenters. The van der Waals surface area contributed by atoms with Gasteiger partial charge in [0.25, 0.3) is 0 Å². The molecule has 0 bridgehead atoms. The van der Waals surface area contributed by atoms with Crippen LogP contribution in [0, 0.1) is 0 Å². The summed E-state index contributed by atoms with van der Waals surface area (Å²) in [6.45, 7) is 6.46. The second-order valence-electron chi connectivity index (χ2n) is 4.60. The van der Waals surface area contributed by atoms with Crippen molar-refractivity contribution in [2.45, 2.75) is 26.7 Å². The van der Waals surface area contributed by atoms with Gasteiger partial charge in [-0.05, 0) is 24.5 Å². The predicted octanol–water partition coefficient (Wildman–Crippen LogP) is 2.47. The fraction of sp³-hybridized carbons (Fsp3) is 0.357. The molecule has 3 N–H and O–H groups in total. The molecule has 1 aromatic carbocycles. The Morgan fingerprint density at radius 1 is 1.14 bits per heavy atom. The molecule has 0 spiro atoms. The van der Waals surface area contributed by atoms with Gasteiger partial charge in [-0.3, -0.25) is 5.43 Å². The van der Waals surface area contributed by atoms with Crippen molar-refractivity contribution in [2.75, 3.05) is 12.0 Å². The Morgan fingerprint density at radius 2 is 1.86 bits per heavy atom. The molecule has 21 heavy (non-hydrogen) atoms. The highest BCUT2D eigenvalue weighted by Crippen LogP contribution is 2.29. The van der Waals surface area contributed by atoms with Crippen LogP contribution in [-0.2, 0) is 0 Å². The number of anilines is 1. The lowest BCUT2D eigenvalue weighted by atomic mass is 10.0. The maximum absolute atomic E-state index is 5.76. The summed E-state index contributed by atoms with van der Waals surface area (Å²) in [5.74, 6) is 6.55. The van der Waals surface area contributed by atoms with Crippen LogP contribution in [0.3, 0.4) is 0 Å². The van der Waals surface area contributed by atoms with E-state index in [1.54, 1.807) is 0 Å². The Bertz CT molecular complexity index is 604. The van der Waals surface area contributed by atoms with Crippen molar-refractivity contribution in [2.24, 2.45) is 5.84 Å². The van der Waals surface area contributed by atoms with Crippen LogP contribution in [0.4, 0.5) is 5.95 Å². The molecule has 0 radical (unpaired) electrons. The Balaban J connectivity index is 2.32. The van der Waals surface area contributed by atoms with Gasteiger partial charge < -0.3 is 9.47 Å². The number of ether oxygens (including phenoxy) is 2. The number of hydrazine groups is 1. The Hall–Kier alpha value is -2.41. The maximum Gasteiger partial charge on any atom is 0.330 e. The third-order valence-corrected chi connectivity index (χ3v) is 2.74. The van der Waals surface area contributed by atoms with Crippen LogP contribution in [0.1, 0.15) is 32.3 Å². The van der Waals surface area contributed by atoms with Gasteiger partial charge in [0.05, 0.1) is 6.61 Å². The van der Waals surface area contributed by atoms with Gasteiger partial charge in [0.15, 0.2) is 0 Å². The Kier molecular flexibility index (Phi) is 4.89. The van der Waals surface area contributed by atoms with Gasteiger partial charge in [0.2, 0.25) is 5.95 Å². The van der Waals surface area contributed by atoms with E-state index in [2.05, 4.69) is 34.2 Å². The van der Waals surface area contributed by atoms with E-state index in [1.165, 1.54) is 0 Å². The van der Waals surface area contributed by atoms with E-state index in [0.717, 1.165) is 5.56 Å². The Labute approximate surface area is 123 Å². The molecular weight excluding hydrogens is 270 g/mol. The van der Waals surface area contributed by atoms with Crippen molar-refractivity contribution in [3.63, 3.8) is 0 Å². The standard InChI is InChI=1S/C14H19N5O2/c1-4-20-13-16-12(19-15)17-14(18-13)21-11-8-6-5-7-10(11)9(2)3/h5-9H,4,15H2,1-3H3,(H,16,17,18,19). The second-order valence-corrected chi connectivity index (χ2v) is 4.60. The van der Waals surface area contributed by atoms with Crippen molar-refractivity contribution < 1.29 is 9.47 Å². The van der Waals surface area contributed by atoms with Crippen LogP contribution in [0.25, 0.3) is 0 Å². The predicted molar refractivity (Wildman–Crippen MR) is 79.4 cm³/mol. The maximum atomic E-state index is 5.76. The Morgan fingerprint density at radius 3 is 2.52 bits per heavy atom. The summed E-state index contributed by atoms with van der Waals surface area (Å²) in [5, 5.41) is 0. The summed E-state index contributed by atoms with van der Waals surface area (Å²) in [7, 11) is 0. The number of aromatic nitrogens is 3. The largest absolute Gasteiger partial charge is 0.464 e. The third kappa shape index (κ3) is 3.79. The highest BCUT2D eigenvalue weighted by Gasteiger charge is 2.12. The minimum atomic E-state index is 0.134. The highest BCUT2D eigenvalue weighted by atomic mass is 16.5. The van der Waals surface area contributed by atoms with Crippen LogP contribution in [0.15, 0.2) is 24.3 Å². The number of para-hydroxylation sites is 1. The van der Waals surface area contributed by atoms with Crippen molar-refractivity contribution >= 4 is 5.95 Å². The van der Waals surface area contributed by atoms with Crippen molar-refractivity contribution in [3.8, 4) is 17.8 Å². The first kappa shape index (κ1) is 15.0. The molecule has 7 heteroatoms. The lowest BCUT2D eigenvalue weighted by molar-refractivity contribution is 0.303. The molecule has 112 valence electrons. The third-order valence-electron chi connectivity index (χ3n) is 2.74. The number of hydrogen-bond donors (Lipinski definition) is 2. The fourth-order valence-electron chi connectivity index (χ4n) is 1.79. The van der Waals surface area contributed by atoms with Crippen molar-refractivity contribution in [3.05, 3.63) is 29.8 Å². The smallest absolute Gasteiger partial charge is 0.330 e. The zero-order valence-corrected chi connectivity index (χ0v) is 12.3. The van der Waals surface area contributed by atoms with Gasteiger partial charge in [-0.2, -0.15) is 9.97 Å². The molecular formula is C14H19N5O2. The molecule has 0 saturated heterocycles. The topological polar surface area (TPSA) is 95.2 Å². The lowest BCUT2D eigenvalue weighted by Gasteiger charge is -2.13. The van der Waals surface area contributed by atoms with Gasteiger partial charge in [-0.1, -0.05) is 32.0 Å². The molecule has 0 aliphatic rings. The van der Waals surface area contributed by atoms with Crippen LogP contribution in [-0.4, -0.2) is 21.6 Å². The SMILES string of the molecule is CCOc1nc(NN)nc(Oc2ccccc2C(C)C)n1. The summed E-state index contributed by atoms with van der Waals surface area (Å²) in [5.41, 5.74) is 3.43. The van der Waals surface area contributed by atoms with Gasteiger partial charge >= 0.3 is 12.0 Å². The van der Waals surface area contributed by atoms with Gasteiger partial charge in [-0.25, -0.2) is 5.84 Å². The van der Waals surface area contributed by atoms with E-state index in [0.29, 0.717) is 18.3 Å². The van der Waals surface area contributed by atoms with Gasteiger partial charge in [0.1, 0.15) is 5.75 Å². The number of nitrogen functional groups attached to an aromatic ring is 1. The van der Waals surface area contributed by atoms with Crippen LogP contribution in [0.5, 0.6) is 17.8 Å². The number of nitrogens with zero attached hydrogens (tertiary/aromatic N) is 3. The van der Waals surface area contributed by atoms with Crippen LogP contribution >= 0.6 is 0 Å².